The third-order valence-corrected chi connectivity index (χ3v) is 2.85. The number of hydrogen-bond donors (Lipinski definition) is 1. The largest absolute Gasteiger partial charge is 0.386 e. The maximum absolute atomic E-state index is 11.8. The van der Waals surface area contributed by atoms with E-state index in [4.69, 9.17) is 17.0 Å². The molecule has 0 saturated heterocycles. The fourth-order valence-electron chi connectivity index (χ4n) is 1.47. The number of aromatic nitrogens is 1. The molecule has 0 radical (unpaired) electrons. The zero-order valence-corrected chi connectivity index (χ0v) is 11.0. The van der Waals surface area contributed by atoms with Crippen LogP contribution in [-0.4, -0.2) is 16.9 Å². The first-order chi connectivity index (χ1) is 9.08. The van der Waals surface area contributed by atoms with E-state index in [1.165, 1.54) is 6.07 Å². The van der Waals surface area contributed by atoms with Crippen LogP contribution >= 0.6 is 12.2 Å². The van der Waals surface area contributed by atoms with Crippen molar-refractivity contribution in [1.82, 2.24) is 4.98 Å². The van der Waals surface area contributed by atoms with Crippen molar-refractivity contribution in [2.75, 3.05) is 0 Å². The first-order valence-electron chi connectivity index (χ1n) is 5.59. The van der Waals surface area contributed by atoms with Crippen LogP contribution in [0.1, 0.15) is 26.3 Å². The number of aromatic amines is 1. The Morgan fingerprint density at radius 1 is 1.11 bits per heavy atom. The SMILES string of the molecule is Cc1ccc(C(=O)OC(=O)c2ccc[nH]c2=S)cc1. The summed E-state index contributed by atoms with van der Waals surface area (Å²) in [6.45, 7) is 1.91. The lowest BCUT2D eigenvalue weighted by atomic mass is 10.1. The van der Waals surface area contributed by atoms with E-state index in [2.05, 4.69) is 4.98 Å². The van der Waals surface area contributed by atoms with Gasteiger partial charge in [-0.25, -0.2) is 9.59 Å². The van der Waals surface area contributed by atoms with E-state index in [-0.39, 0.29) is 10.2 Å². The Kier molecular flexibility index (Phi) is 3.87. The summed E-state index contributed by atoms with van der Waals surface area (Å²) in [5, 5.41) is 0. The van der Waals surface area contributed by atoms with Crippen LogP contribution in [0.15, 0.2) is 42.6 Å². The minimum atomic E-state index is -0.757. The quantitative estimate of drug-likeness (QED) is 0.519. The van der Waals surface area contributed by atoms with Gasteiger partial charge in [-0.15, -0.1) is 0 Å². The molecule has 96 valence electrons. The molecule has 4 nitrogen and oxygen atoms in total. The van der Waals surface area contributed by atoms with Crippen LogP contribution in [0.25, 0.3) is 0 Å². The molecular formula is C14H11NO3S. The van der Waals surface area contributed by atoms with Crippen LogP contribution in [0.4, 0.5) is 0 Å². The summed E-state index contributed by atoms with van der Waals surface area (Å²) in [5.74, 6) is -1.45. The first-order valence-corrected chi connectivity index (χ1v) is 5.99. The van der Waals surface area contributed by atoms with Crippen molar-refractivity contribution in [3.63, 3.8) is 0 Å². The molecule has 1 heterocycles. The number of pyridine rings is 1. The third-order valence-electron chi connectivity index (χ3n) is 2.51. The van der Waals surface area contributed by atoms with E-state index in [9.17, 15) is 9.59 Å². The topological polar surface area (TPSA) is 59.2 Å². The number of esters is 2. The van der Waals surface area contributed by atoms with Gasteiger partial charge in [0, 0.05) is 6.20 Å². The molecule has 2 rings (SSSR count). The lowest BCUT2D eigenvalue weighted by molar-refractivity contribution is 0.0397. The van der Waals surface area contributed by atoms with E-state index in [1.807, 2.05) is 6.92 Å². The number of carbonyl (C=O) groups excluding carboxylic acids is 2. The Morgan fingerprint density at radius 2 is 1.79 bits per heavy atom. The molecule has 0 fully saturated rings. The minimum Gasteiger partial charge on any atom is -0.386 e. The molecule has 2 aromatic rings. The van der Waals surface area contributed by atoms with Gasteiger partial charge in [0.05, 0.1) is 11.1 Å². The second kappa shape index (κ2) is 5.58. The zero-order chi connectivity index (χ0) is 13.8. The summed E-state index contributed by atoms with van der Waals surface area (Å²) in [5.41, 5.74) is 1.51. The van der Waals surface area contributed by atoms with E-state index < -0.39 is 11.9 Å². The summed E-state index contributed by atoms with van der Waals surface area (Å²) < 4.78 is 5.02. The fraction of sp³-hybridized carbons (Fsp3) is 0.0714. The zero-order valence-electron chi connectivity index (χ0n) is 10.2. The molecule has 0 aliphatic rings. The molecule has 1 aromatic carbocycles. The van der Waals surface area contributed by atoms with Crippen molar-refractivity contribution in [2.45, 2.75) is 6.92 Å². The highest BCUT2D eigenvalue weighted by atomic mass is 32.1. The number of carbonyl (C=O) groups is 2. The lowest BCUT2D eigenvalue weighted by Gasteiger charge is -2.03. The van der Waals surface area contributed by atoms with Crippen LogP contribution in [0.3, 0.4) is 0 Å². The Balaban J connectivity index is 2.16. The molecule has 1 N–H and O–H groups in total. The smallest absolute Gasteiger partial charge is 0.349 e. The van der Waals surface area contributed by atoms with Crippen LogP contribution in [0.5, 0.6) is 0 Å². The molecule has 0 atom stereocenters. The molecule has 0 amide bonds. The number of H-pyrrole nitrogens is 1. The van der Waals surface area contributed by atoms with Crippen LogP contribution in [0, 0.1) is 11.6 Å². The van der Waals surface area contributed by atoms with E-state index in [1.54, 1.807) is 36.5 Å². The third kappa shape index (κ3) is 3.14. The standard InChI is InChI=1S/C14H11NO3S/c1-9-4-6-10(7-5-9)13(16)18-14(17)11-3-2-8-15-12(11)19/h2-8H,1H3,(H,15,19). The number of nitrogens with one attached hydrogen (secondary N) is 1. The Labute approximate surface area is 115 Å². The summed E-state index contributed by atoms with van der Waals surface area (Å²) in [6.07, 6.45) is 1.60. The molecule has 19 heavy (non-hydrogen) atoms. The normalized spacial score (nSPS) is 9.95. The first kappa shape index (κ1) is 13.2. The fourth-order valence-corrected chi connectivity index (χ4v) is 1.69. The van der Waals surface area contributed by atoms with Gasteiger partial charge in [0.25, 0.3) is 0 Å². The molecule has 0 unspecified atom stereocenters. The maximum atomic E-state index is 11.8. The second-order valence-electron chi connectivity index (χ2n) is 3.96. The lowest BCUT2D eigenvalue weighted by Crippen LogP contribution is -2.13. The van der Waals surface area contributed by atoms with Gasteiger partial charge in [-0.3, -0.25) is 0 Å². The highest BCUT2D eigenvalue weighted by Gasteiger charge is 2.15. The number of rotatable bonds is 2. The molecule has 5 heteroatoms. The number of hydrogen-bond acceptors (Lipinski definition) is 4. The monoisotopic (exact) mass is 273 g/mol. The van der Waals surface area contributed by atoms with E-state index in [0.717, 1.165) is 5.56 Å². The van der Waals surface area contributed by atoms with Crippen LogP contribution < -0.4 is 0 Å². The molecule has 0 bridgehead atoms. The summed E-state index contributed by atoms with van der Waals surface area (Å²) >= 11 is 4.95. The number of ether oxygens (including phenoxy) is 1. The van der Waals surface area contributed by atoms with Gasteiger partial charge in [0.2, 0.25) is 0 Å². The molecule has 0 aliphatic heterocycles. The van der Waals surface area contributed by atoms with Gasteiger partial charge < -0.3 is 9.72 Å². The van der Waals surface area contributed by atoms with Crippen molar-refractivity contribution < 1.29 is 14.3 Å². The highest BCUT2D eigenvalue weighted by molar-refractivity contribution is 7.71. The Hall–Kier alpha value is -2.27. The van der Waals surface area contributed by atoms with E-state index in [0.29, 0.717) is 5.56 Å². The van der Waals surface area contributed by atoms with Crippen LogP contribution in [0.2, 0.25) is 0 Å². The van der Waals surface area contributed by atoms with E-state index >= 15 is 0 Å². The van der Waals surface area contributed by atoms with Crippen molar-refractivity contribution in [1.29, 1.82) is 0 Å². The summed E-state index contributed by atoms with van der Waals surface area (Å²) in [7, 11) is 0. The summed E-state index contributed by atoms with van der Waals surface area (Å²) in [6, 6.07) is 9.88. The number of aryl methyl sites for hydroxylation is 1. The van der Waals surface area contributed by atoms with Crippen molar-refractivity contribution in [3.05, 3.63) is 63.9 Å². The predicted molar refractivity (Wildman–Crippen MR) is 72.6 cm³/mol. The summed E-state index contributed by atoms with van der Waals surface area (Å²) in [4.78, 5) is 26.3. The van der Waals surface area contributed by atoms with Gasteiger partial charge in [-0.2, -0.15) is 0 Å². The maximum Gasteiger partial charge on any atom is 0.349 e. The van der Waals surface area contributed by atoms with Gasteiger partial charge in [-0.05, 0) is 31.2 Å². The van der Waals surface area contributed by atoms with Gasteiger partial charge in [-0.1, -0.05) is 29.9 Å². The molecular weight excluding hydrogens is 262 g/mol. The molecule has 1 aromatic heterocycles. The molecule has 0 spiro atoms. The highest BCUT2D eigenvalue weighted by Crippen LogP contribution is 2.08. The van der Waals surface area contributed by atoms with Gasteiger partial charge in [0.15, 0.2) is 0 Å². The predicted octanol–water partition coefficient (Wildman–Crippen LogP) is 3.05. The minimum absolute atomic E-state index is 0.165. The Bertz CT molecular complexity index is 674. The van der Waals surface area contributed by atoms with Gasteiger partial charge >= 0.3 is 11.9 Å². The van der Waals surface area contributed by atoms with Crippen molar-refractivity contribution in [3.8, 4) is 0 Å². The molecule has 0 aliphatic carbocycles. The average Bonchev–Trinajstić information content (AvgIpc) is 2.39. The molecule has 0 saturated carbocycles. The van der Waals surface area contributed by atoms with Crippen molar-refractivity contribution in [2.24, 2.45) is 0 Å². The van der Waals surface area contributed by atoms with Crippen LogP contribution in [-0.2, 0) is 4.74 Å². The second-order valence-corrected chi connectivity index (χ2v) is 4.36. The average molecular weight is 273 g/mol. The Morgan fingerprint density at radius 3 is 2.42 bits per heavy atom. The van der Waals surface area contributed by atoms with Gasteiger partial charge in [0.1, 0.15) is 4.64 Å². The van der Waals surface area contributed by atoms with Crippen molar-refractivity contribution >= 4 is 24.2 Å². The number of benzene rings is 1.